The third-order valence-corrected chi connectivity index (χ3v) is 13.8. The molecule has 0 aromatic rings. The van der Waals surface area contributed by atoms with E-state index >= 15 is 0 Å². The second-order valence-electron chi connectivity index (χ2n) is 21.6. The Bertz CT molecular complexity index is 1760. The minimum absolute atomic E-state index is 0.102. The Hall–Kier alpha value is -4.71. The summed E-state index contributed by atoms with van der Waals surface area (Å²) in [7, 11) is 0. The normalized spacial score (nSPS) is 13.1. The third-order valence-electron chi connectivity index (χ3n) is 13.8. The molecule has 6 nitrogen and oxygen atoms in total. The SMILES string of the molecule is CC/C=C\C/C=C\C/C=C\C/C=C\C/C=C\C/C=C\C/C=C\C/C=C\CCCCCCCCC(=O)OCC(COC(=O)CCCC/C=C\C/C=C\C/C=C\C/C=C\CC)OC(=O)CCCCCCCCCCCCCCCCCCC. The van der Waals surface area contributed by atoms with E-state index in [9.17, 15) is 14.4 Å². The highest BCUT2D eigenvalue weighted by atomic mass is 16.6. The summed E-state index contributed by atoms with van der Waals surface area (Å²) in [6, 6.07) is 0. The maximum Gasteiger partial charge on any atom is 0.306 e. The van der Waals surface area contributed by atoms with E-state index < -0.39 is 6.10 Å². The molecule has 0 radical (unpaired) electrons. The fraction of sp³-hybridized carbons (Fsp3) is 0.640. The molecule has 1 unspecified atom stereocenters. The lowest BCUT2D eigenvalue weighted by Gasteiger charge is -2.18. The van der Waals surface area contributed by atoms with Gasteiger partial charge in [-0.25, -0.2) is 0 Å². The Morgan fingerprint density at radius 3 is 0.778 bits per heavy atom. The van der Waals surface area contributed by atoms with Gasteiger partial charge in [0.25, 0.3) is 0 Å². The van der Waals surface area contributed by atoms with Crippen LogP contribution in [0.3, 0.4) is 0 Å². The molecule has 0 aliphatic rings. The van der Waals surface area contributed by atoms with Gasteiger partial charge >= 0.3 is 17.9 Å². The maximum atomic E-state index is 12.9. The number of carbonyl (C=O) groups excluding carboxylic acids is 3. The van der Waals surface area contributed by atoms with Crippen LogP contribution in [0, 0.1) is 0 Å². The fourth-order valence-corrected chi connectivity index (χ4v) is 8.92. The Kier molecular flexibility index (Phi) is 63.9. The minimum Gasteiger partial charge on any atom is -0.462 e. The molecule has 0 bridgehead atoms. The van der Waals surface area contributed by atoms with Crippen molar-refractivity contribution in [1.29, 1.82) is 0 Å². The molecule has 1 atom stereocenters. The van der Waals surface area contributed by atoms with Gasteiger partial charge in [0.05, 0.1) is 0 Å². The molecule has 0 amide bonds. The summed E-state index contributed by atoms with van der Waals surface area (Å²) >= 11 is 0. The molecule has 0 N–H and O–H groups in total. The Morgan fingerprint density at radius 2 is 0.481 bits per heavy atom. The lowest BCUT2D eigenvalue weighted by Crippen LogP contribution is -2.30. The van der Waals surface area contributed by atoms with Crippen molar-refractivity contribution in [1.82, 2.24) is 0 Å². The molecule has 0 saturated heterocycles. The van der Waals surface area contributed by atoms with E-state index in [1.54, 1.807) is 0 Å². The number of carbonyl (C=O) groups is 3. The number of hydrogen-bond acceptors (Lipinski definition) is 6. The molecule has 0 aromatic carbocycles. The second-order valence-corrected chi connectivity index (χ2v) is 21.6. The molecule has 458 valence electrons. The second kappa shape index (κ2) is 67.8. The van der Waals surface area contributed by atoms with E-state index in [2.05, 4.69) is 167 Å². The van der Waals surface area contributed by atoms with Gasteiger partial charge in [-0.2, -0.15) is 0 Å². The average Bonchev–Trinajstić information content (AvgIpc) is 3.47. The molecule has 0 aromatic heterocycles. The zero-order chi connectivity index (χ0) is 58.5. The zero-order valence-electron chi connectivity index (χ0n) is 52.5. The fourth-order valence-electron chi connectivity index (χ4n) is 8.92. The predicted octanol–water partition coefficient (Wildman–Crippen LogP) is 23.1. The summed E-state index contributed by atoms with van der Waals surface area (Å²) < 4.78 is 16.9. The average molecular weight is 1120 g/mol. The van der Waals surface area contributed by atoms with Crippen LogP contribution in [0.25, 0.3) is 0 Å². The zero-order valence-corrected chi connectivity index (χ0v) is 52.5. The van der Waals surface area contributed by atoms with Gasteiger partial charge in [-0.1, -0.05) is 295 Å². The van der Waals surface area contributed by atoms with Gasteiger partial charge in [-0.05, 0) is 122 Å². The summed E-state index contributed by atoms with van der Waals surface area (Å²) in [5.41, 5.74) is 0. The largest absolute Gasteiger partial charge is 0.462 e. The number of esters is 3. The standard InChI is InChI=1S/C75H122O6/c1-4-7-10-13-16-19-22-25-28-30-31-32-33-34-35-36-37-38-39-40-41-42-43-45-47-50-53-56-59-62-65-68-74(77)80-71-72(70-79-73(76)67-64-61-58-55-52-49-46-27-24-21-18-15-12-9-6-3)81-75(78)69-66-63-60-57-54-51-48-44-29-26-23-20-17-14-11-8-5-2/h7,9-10,12,16,18-19,21,25,27-28,31-32,34-35,37-38,40-41,43,45-46,52,55,72H,4-6,8,11,13-15,17,20,22-24,26,29-30,33,36,39,42,44,47-51,53-54,56-71H2,1-3H3/b10-7-,12-9-,19-16-,21-18-,28-25-,32-31-,35-34-,38-37-,41-40-,45-43-,46-27-,55-52-. The van der Waals surface area contributed by atoms with Gasteiger partial charge in [0.1, 0.15) is 13.2 Å². The van der Waals surface area contributed by atoms with Crippen LogP contribution in [-0.2, 0) is 28.6 Å². The summed E-state index contributed by atoms with van der Waals surface area (Å²) in [6.07, 6.45) is 97.2. The molecule has 0 fully saturated rings. The van der Waals surface area contributed by atoms with E-state index in [-0.39, 0.29) is 31.1 Å². The van der Waals surface area contributed by atoms with E-state index in [0.717, 1.165) is 148 Å². The van der Waals surface area contributed by atoms with Crippen LogP contribution in [0.1, 0.15) is 290 Å². The smallest absolute Gasteiger partial charge is 0.306 e. The maximum absolute atomic E-state index is 12.9. The predicted molar refractivity (Wildman–Crippen MR) is 352 cm³/mol. The van der Waals surface area contributed by atoms with E-state index in [0.29, 0.717) is 19.3 Å². The highest BCUT2D eigenvalue weighted by molar-refractivity contribution is 5.71. The summed E-state index contributed by atoms with van der Waals surface area (Å²) in [5, 5.41) is 0. The molecule has 0 aliphatic heterocycles. The molecule has 0 rings (SSSR count). The number of rotatable bonds is 59. The number of hydrogen-bond donors (Lipinski definition) is 0. The first-order valence-electron chi connectivity index (χ1n) is 33.3. The van der Waals surface area contributed by atoms with Crippen molar-refractivity contribution < 1.29 is 28.6 Å². The van der Waals surface area contributed by atoms with E-state index in [1.165, 1.54) is 103 Å². The highest BCUT2D eigenvalue weighted by Gasteiger charge is 2.19. The van der Waals surface area contributed by atoms with Gasteiger partial charge in [-0.15, -0.1) is 0 Å². The molecule has 0 aliphatic carbocycles. The van der Waals surface area contributed by atoms with Crippen molar-refractivity contribution in [2.24, 2.45) is 0 Å². The van der Waals surface area contributed by atoms with Crippen LogP contribution in [0.4, 0.5) is 0 Å². The number of unbranched alkanes of at least 4 members (excludes halogenated alkanes) is 24. The Morgan fingerprint density at radius 1 is 0.259 bits per heavy atom. The number of ether oxygens (including phenoxy) is 3. The van der Waals surface area contributed by atoms with Crippen LogP contribution in [-0.4, -0.2) is 37.2 Å². The molecule has 0 saturated carbocycles. The van der Waals surface area contributed by atoms with E-state index in [1.807, 2.05) is 0 Å². The van der Waals surface area contributed by atoms with Crippen LogP contribution < -0.4 is 0 Å². The van der Waals surface area contributed by atoms with Crippen molar-refractivity contribution in [2.75, 3.05) is 13.2 Å². The molecular weight excluding hydrogens is 997 g/mol. The first-order chi connectivity index (χ1) is 40.0. The molecule has 0 spiro atoms. The Labute approximate surface area is 499 Å². The van der Waals surface area contributed by atoms with E-state index in [4.69, 9.17) is 14.2 Å². The minimum atomic E-state index is -0.806. The van der Waals surface area contributed by atoms with Gasteiger partial charge < -0.3 is 14.2 Å². The van der Waals surface area contributed by atoms with Crippen LogP contribution in [0.15, 0.2) is 146 Å². The summed E-state index contributed by atoms with van der Waals surface area (Å²) in [6.45, 7) is 6.38. The van der Waals surface area contributed by atoms with Crippen molar-refractivity contribution in [3.05, 3.63) is 146 Å². The van der Waals surface area contributed by atoms with Crippen molar-refractivity contribution in [3.8, 4) is 0 Å². The first kappa shape index (κ1) is 76.3. The molecular formula is C75H122O6. The summed E-state index contributed by atoms with van der Waals surface area (Å²) in [5.74, 6) is -0.953. The molecule has 81 heavy (non-hydrogen) atoms. The van der Waals surface area contributed by atoms with Gasteiger partial charge in [-0.3, -0.25) is 14.4 Å². The molecule has 6 heteroatoms. The van der Waals surface area contributed by atoms with Gasteiger partial charge in [0.15, 0.2) is 6.10 Å². The van der Waals surface area contributed by atoms with Crippen molar-refractivity contribution in [3.63, 3.8) is 0 Å². The van der Waals surface area contributed by atoms with Crippen LogP contribution in [0.5, 0.6) is 0 Å². The lowest BCUT2D eigenvalue weighted by atomic mass is 10.0. The topological polar surface area (TPSA) is 78.9 Å². The van der Waals surface area contributed by atoms with Crippen molar-refractivity contribution in [2.45, 2.75) is 297 Å². The monoisotopic (exact) mass is 1120 g/mol. The van der Waals surface area contributed by atoms with Crippen LogP contribution >= 0.6 is 0 Å². The Balaban J connectivity index is 4.39. The van der Waals surface area contributed by atoms with Gasteiger partial charge in [0, 0.05) is 19.3 Å². The molecule has 0 heterocycles. The third kappa shape index (κ3) is 66.0. The van der Waals surface area contributed by atoms with Gasteiger partial charge in [0.2, 0.25) is 0 Å². The highest BCUT2D eigenvalue weighted by Crippen LogP contribution is 2.16. The summed E-state index contributed by atoms with van der Waals surface area (Å²) in [4.78, 5) is 38.3. The lowest BCUT2D eigenvalue weighted by molar-refractivity contribution is -0.167. The first-order valence-corrected chi connectivity index (χ1v) is 33.3. The number of allylic oxidation sites excluding steroid dienone is 24. The quantitative estimate of drug-likeness (QED) is 0.0261. The van der Waals surface area contributed by atoms with Crippen LogP contribution in [0.2, 0.25) is 0 Å². The van der Waals surface area contributed by atoms with Crippen molar-refractivity contribution >= 4 is 17.9 Å².